The van der Waals surface area contributed by atoms with E-state index < -0.39 is 5.82 Å². The summed E-state index contributed by atoms with van der Waals surface area (Å²) in [6.07, 6.45) is 3.55. The average Bonchev–Trinajstić information content (AvgIpc) is 2.42. The first-order chi connectivity index (χ1) is 9.58. The SMILES string of the molecule is CCC1CCCN(CC(=O)Nc2ccc(F)cc2N)C1. The lowest BCUT2D eigenvalue weighted by Crippen LogP contribution is -2.40. The number of rotatable bonds is 4. The smallest absolute Gasteiger partial charge is 0.238 e. The number of likely N-dealkylation sites (tertiary alicyclic amines) is 1. The molecule has 110 valence electrons. The van der Waals surface area contributed by atoms with E-state index in [4.69, 9.17) is 5.73 Å². The Balaban J connectivity index is 1.88. The lowest BCUT2D eigenvalue weighted by molar-refractivity contribution is -0.117. The van der Waals surface area contributed by atoms with Crippen LogP contribution in [0.25, 0.3) is 0 Å². The van der Waals surface area contributed by atoms with Crippen LogP contribution >= 0.6 is 0 Å². The number of carbonyl (C=O) groups excluding carboxylic acids is 1. The maximum absolute atomic E-state index is 12.9. The third kappa shape index (κ3) is 3.93. The molecule has 5 heteroatoms. The normalized spacial score (nSPS) is 19.8. The highest BCUT2D eigenvalue weighted by Gasteiger charge is 2.20. The van der Waals surface area contributed by atoms with Gasteiger partial charge in [-0.1, -0.05) is 13.3 Å². The molecule has 0 spiro atoms. The lowest BCUT2D eigenvalue weighted by atomic mass is 9.96. The van der Waals surface area contributed by atoms with Gasteiger partial charge in [-0.25, -0.2) is 4.39 Å². The summed E-state index contributed by atoms with van der Waals surface area (Å²) < 4.78 is 12.9. The summed E-state index contributed by atoms with van der Waals surface area (Å²) in [6.45, 7) is 4.49. The Hall–Kier alpha value is -1.62. The van der Waals surface area contributed by atoms with Crippen LogP contribution in [0.5, 0.6) is 0 Å². The number of nitrogen functional groups attached to an aromatic ring is 1. The van der Waals surface area contributed by atoms with Crippen molar-refractivity contribution in [2.24, 2.45) is 5.92 Å². The van der Waals surface area contributed by atoms with Crippen LogP contribution < -0.4 is 11.1 Å². The van der Waals surface area contributed by atoms with E-state index in [1.807, 2.05) is 0 Å². The van der Waals surface area contributed by atoms with Crippen molar-refractivity contribution in [3.05, 3.63) is 24.0 Å². The van der Waals surface area contributed by atoms with Gasteiger partial charge in [0.05, 0.1) is 17.9 Å². The van der Waals surface area contributed by atoms with Crippen LogP contribution in [-0.4, -0.2) is 30.4 Å². The molecule has 1 amide bonds. The van der Waals surface area contributed by atoms with Gasteiger partial charge in [0, 0.05) is 6.54 Å². The second kappa shape index (κ2) is 6.70. The fourth-order valence-electron chi connectivity index (χ4n) is 2.67. The number of anilines is 2. The fourth-order valence-corrected chi connectivity index (χ4v) is 2.67. The van der Waals surface area contributed by atoms with Gasteiger partial charge in [0.15, 0.2) is 0 Å². The predicted octanol–water partition coefficient (Wildman–Crippen LogP) is 2.47. The van der Waals surface area contributed by atoms with Crippen molar-refractivity contribution in [3.63, 3.8) is 0 Å². The number of hydrogen-bond acceptors (Lipinski definition) is 3. The average molecular weight is 279 g/mol. The van der Waals surface area contributed by atoms with Gasteiger partial charge in [-0.15, -0.1) is 0 Å². The molecule has 20 heavy (non-hydrogen) atoms. The zero-order chi connectivity index (χ0) is 14.5. The number of amides is 1. The monoisotopic (exact) mass is 279 g/mol. The van der Waals surface area contributed by atoms with Crippen molar-refractivity contribution in [2.45, 2.75) is 26.2 Å². The van der Waals surface area contributed by atoms with Crippen molar-refractivity contribution >= 4 is 17.3 Å². The molecule has 1 fully saturated rings. The Morgan fingerprint density at radius 2 is 2.35 bits per heavy atom. The fraction of sp³-hybridized carbons (Fsp3) is 0.533. The van der Waals surface area contributed by atoms with Gasteiger partial charge in [0.1, 0.15) is 5.82 Å². The summed E-state index contributed by atoms with van der Waals surface area (Å²) in [5.74, 6) is 0.190. The number of nitrogens with one attached hydrogen (secondary N) is 1. The summed E-state index contributed by atoms with van der Waals surface area (Å²) >= 11 is 0. The molecule has 1 heterocycles. The molecule has 1 aromatic carbocycles. The van der Waals surface area contributed by atoms with Crippen LogP contribution in [0.1, 0.15) is 26.2 Å². The summed E-state index contributed by atoms with van der Waals surface area (Å²) in [5, 5.41) is 2.75. The van der Waals surface area contributed by atoms with E-state index in [1.54, 1.807) is 0 Å². The summed E-state index contributed by atoms with van der Waals surface area (Å²) in [7, 11) is 0. The number of nitrogens with two attached hydrogens (primary N) is 1. The van der Waals surface area contributed by atoms with E-state index in [2.05, 4.69) is 17.1 Å². The predicted molar refractivity (Wildman–Crippen MR) is 78.9 cm³/mol. The molecule has 0 saturated carbocycles. The second-order valence-corrected chi connectivity index (χ2v) is 5.43. The van der Waals surface area contributed by atoms with E-state index in [0.717, 1.165) is 25.9 Å². The maximum atomic E-state index is 12.9. The highest BCUT2D eigenvalue weighted by molar-refractivity contribution is 5.95. The van der Waals surface area contributed by atoms with Gasteiger partial charge in [-0.2, -0.15) is 0 Å². The van der Waals surface area contributed by atoms with Crippen molar-refractivity contribution < 1.29 is 9.18 Å². The first kappa shape index (κ1) is 14.8. The highest BCUT2D eigenvalue weighted by Crippen LogP contribution is 2.21. The third-order valence-electron chi connectivity index (χ3n) is 3.84. The number of benzene rings is 1. The minimum atomic E-state index is -0.401. The number of carbonyl (C=O) groups is 1. The van der Waals surface area contributed by atoms with Gasteiger partial charge in [-0.05, 0) is 43.5 Å². The lowest BCUT2D eigenvalue weighted by Gasteiger charge is -2.31. The Morgan fingerprint density at radius 3 is 3.05 bits per heavy atom. The zero-order valence-corrected chi connectivity index (χ0v) is 11.9. The minimum Gasteiger partial charge on any atom is -0.397 e. The Kier molecular flexibility index (Phi) is 4.95. The molecular formula is C15H22FN3O. The van der Waals surface area contributed by atoms with Crippen molar-refractivity contribution in [2.75, 3.05) is 30.7 Å². The summed E-state index contributed by atoms with van der Waals surface area (Å²) in [4.78, 5) is 14.2. The number of hydrogen-bond donors (Lipinski definition) is 2. The third-order valence-corrected chi connectivity index (χ3v) is 3.84. The molecule has 1 aliphatic heterocycles. The van der Waals surface area contributed by atoms with E-state index in [-0.39, 0.29) is 11.6 Å². The van der Waals surface area contributed by atoms with Crippen LogP contribution in [-0.2, 0) is 4.79 Å². The maximum Gasteiger partial charge on any atom is 0.238 e. The molecule has 1 atom stereocenters. The van der Waals surface area contributed by atoms with E-state index in [0.29, 0.717) is 18.2 Å². The van der Waals surface area contributed by atoms with Crippen molar-refractivity contribution in [3.8, 4) is 0 Å². The molecule has 4 nitrogen and oxygen atoms in total. The molecule has 0 radical (unpaired) electrons. The van der Waals surface area contributed by atoms with Crippen LogP contribution in [0, 0.1) is 11.7 Å². The number of halogens is 1. The van der Waals surface area contributed by atoms with E-state index in [1.165, 1.54) is 24.6 Å². The molecule has 1 saturated heterocycles. The number of nitrogens with zero attached hydrogens (tertiary/aromatic N) is 1. The topological polar surface area (TPSA) is 58.4 Å². The van der Waals surface area contributed by atoms with Crippen molar-refractivity contribution in [1.29, 1.82) is 0 Å². The van der Waals surface area contributed by atoms with E-state index in [9.17, 15) is 9.18 Å². The van der Waals surface area contributed by atoms with Crippen LogP contribution in [0.2, 0.25) is 0 Å². The number of piperidine rings is 1. The quantitative estimate of drug-likeness (QED) is 0.832. The molecule has 1 aliphatic rings. The van der Waals surface area contributed by atoms with Crippen molar-refractivity contribution in [1.82, 2.24) is 4.90 Å². The molecule has 0 bridgehead atoms. The van der Waals surface area contributed by atoms with Gasteiger partial charge >= 0.3 is 0 Å². The summed E-state index contributed by atoms with van der Waals surface area (Å²) in [5.41, 5.74) is 6.40. The Bertz CT molecular complexity index is 478. The Morgan fingerprint density at radius 1 is 1.55 bits per heavy atom. The summed E-state index contributed by atoms with van der Waals surface area (Å²) in [6, 6.07) is 4.00. The molecule has 3 N–H and O–H groups in total. The second-order valence-electron chi connectivity index (χ2n) is 5.43. The van der Waals surface area contributed by atoms with Gasteiger partial charge in [-0.3, -0.25) is 9.69 Å². The molecule has 2 rings (SSSR count). The first-order valence-corrected chi connectivity index (χ1v) is 7.15. The minimum absolute atomic E-state index is 0.0972. The molecular weight excluding hydrogens is 257 g/mol. The molecule has 0 aliphatic carbocycles. The van der Waals surface area contributed by atoms with Gasteiger partial charge < -0.3 is 11.1 Å². The molecule has 1 aromatic rings. The first-order valence-electron chi connectivity index (χ1n) is 7.15. The zero-order valence-electron chi connectivity index (χ0n) is 11.9. The standard InChI is InChI=1S/C15H22FN3O/c1-2-11-4-3-7-19(9-11)10-15(20)18-14-6-5-12(16)8-13(14)17/h5-6,8,11H,2-4,7,9-10,17H2,1H3,(H,18,20). The van der Waals surface area contributed by atoms with Crippen LogP contribution in [0.4, 0.5) is 15.8 Å². The van der Waals surface area contributed by atoms with Gasteiger partial charge in [0.2, 0.25) is 5.91 Å². The van der Waals surface area contributed by atoms with Gasteiger partial charge in [0.25, 0.3) is 0 Å². The van der Waals surface area contributed by atoms with E-state index >= 15 is 0 Å². The molecule has 0 aromatic heterocycles. The highest BCUT2D eigenvalue weighted by atomic mass is 19.1. The molecule has 1 unspecified atom stereocenters. The van der Waals surface area contributed by atoms with Crippen LogP contribution in [0.15, 0.2) is 18.2 Å². The largest absolute Gasteiger partial charge is 0.397 e. The Labute approximate surface area is 119 Å². The van der Waals surface area contributed by atoms with Crippen LogP contribution in [0.3, 0.4) is 0 Å².